The van der Waals surface area contributed by atoms with Crippen molar-refractivity contribution < 1.29 is 0 Å². The molecule has 9 aromatic rings. The molecule has 4 heterocycles. The van der Waals surface area contributed by atoms with Gasteiger partial charge >= 0.3 is 0 Å². The molecule has 0 N–H and O–H groups in total. The summed E-state index contributed by atoms with van der Waals surface area (Å²) >= 11 is 1.75. The largest absolute Gasteiger partial charge is 0.256 e. The number of para-hydroxylation sites is 2. The number of hydrogen-bond donors (Lipinski definition) is 0. The summed E-state index contributed by atoms with van der Waals surface area (Å²) in [5.74, 6) is 0.690. The van der Waals surface area contributed by atoms with E-state index in [9.17, 15) is 0 Å². The number of pyridine rings is 2. The number of hydrogen-bond acceptors (Lipinski definition) is 5. The van der Waals surface area contributed by atoms with Gasteiger partial charge in [-0.1, -0.05) is 84.9 Å². The second-order valence-corrected chi connectivity index (χ2v) is 12.2. The lowest BCUT2D eigenvalue weighted by Crippen LogP contribution is -1.95. The van der Waals surface area contributed by atoms with E-state index >= 15 is 0 Å². The average Bonchev–Trinajstić information content (AvgIpc) is 3.50. The number of fused-ring (bicyclic) bond motifs is 5. The van der Waals surface area contributed by atoms with Crippen molar-refractivity contribution in [3.8, 4) is 44.9 Å². The fraction of sp³-hybridized carbons (Fsp3) is 0. The van der Waals surface area contributed by atoms with E-state index in [-0.39, 0.29) is 0 Å². The summed E-state index contributed by atoms with van der Waals surface area (Å²) < 4.78 is 2.30. The molecule has 4 nitrogen and oxygen atoms in total. The maximum absolute atomic E-state index is 5.27. The molecule has 0 aliphatic heterocycles. The lowest BCUT2D eigenvalue weighted by molar-refractivity contribution is 1.24. The van der Waals surface area contributed by atoms with E-state index in [4.69, 9.17) is 19.9 Å². The third-order valence-corrected chi connectivity index (χ3v) is 9.47. The zero-order valence-corrected chi connectivity index (χ0v) is 24.9. The van der Waals surface area contributed by atoms with E-state index in [1.807, 2.05) is 42.7 Å². The maximum atomic E-state index is 5.27. The van der Waals surface area contributed by atoms with Gasteiger partial charge in [0, 0.05) is 55.5 Å². The summed E-state index contributed by atoms with van der Waals surface area (Å²) in [6.07, 6.45) is 3.91. The van der Waals surface area contributed by atoms with Gasteiger partial charge in [0.1, 0.15) is 0 Å². The molecule has 0 bridgehead atoms. The first kappa shape index (κ1) is 25.7. The highest BCUT2D eigenvalue weighted by Crippen LogP contribution is 2.40. The van der Waals surface area contributed by atoms with Crippen molar-refractivity contribution in [2.75, 3.05) is 0 Å². The summed E-state index contributed by atoms with van der Waals surface area (Å²) in [6, 6.07) is 46.3. The second-order valence-electron chi connectivity index (χ2n) is 11.2. The Kier molecular flexibility index (Phi) is 5.96. The molecule has 0 aliphatic rings. The number of thiophene rings is 1. The van der Waals surface area contributed by atoms with Crippen molar-refractivity contribution in [2.45, 2.75) is 0 Å². The number of aromatic nitrogens is 4. The van der Waals surface area contributed by atoms with Gasteiger partial charge in [0.2, 0.25) is 0 Å². The minimum atomic E-state index is 0.690. The van der Waals surface area contributed by atoms with E-state index in [2.05, 4.69) is 103 Å². The molecular weight excluding hydrogens is 569 g/mol. The first-order valence-corrected chi connectivity index (χ1v) is 15.7. The topological polar surface area (TPSA) is 51.6 Å². The smallest absolute Gasteiger partial charge is 0.160 e. The van der Waals surface area contributed by atoms with Crippen LogP contribution < -0.4 is 0 Å². The Morgan fingerprint density at radius 3 is 1.71 bits per heavy atom. The van der Waals surface area contributed by atoms with Gasteiger partial charge in [-0.3, -0.25) is 9.97 Å². The summed E-state index contributed by atoms with van der Waals surface area (Å²) in [5.41, 5.74) is 10.1. The monoisotopic (exact) mass is 592 g/mol. The minimum absolute atomic E-state index is 0.690. The van der Waals surface area contributed by atoms with Gasteiger partial charge in [0.05, 0.1) is 26.9 Å². The van der Waals surface area contributed by atoms with E-state index in [0.29, 0.717) is 5.82 Å². The van der Waals surface area contributed by atoms with Gasteiger partial charge < -0.3 is 0 Å². The molecular formula is C40H24N4S. The molecule has 5 heteroatoms. The Morgan fingerprint density at radius 2 is 1.02 bits per heavy atom. The molecule has 0 spiro atoms. The Labute approximate surface area is 263 Å². The van der Waals surface area contributed by atoms with Crippen LogP contribution in [0.15, 0.2) is 146 Å². The summed E-state index contributed by atoms with van der Waals surface area (Å²) in [7, 11) is 0. The molecule has 4 aromatic heterocycles. The average molecular weight is 593 g/mol. The van der Waals surface area contributed by atoms with Gasteiger partial charge in [-0.25, -0.2) is 9.97 Å². The van der Waals surface area contributed by atoms with Crippen molar-refractivity contribution in [3.05, 3.63) is 146 Å². The van der Waals surface area contributed by atoms with Crippen molar-refractivity contribution >= 4 is 53.4 Å². The summed E-state index contributed by atoms with van der Waals surface area (Å²) in [4.78, 5) is 20.1. The molecule has 9 rings (SSSR count). The molecule has 210 valence electrons. The van der Waals surface area contributed by atoms with E-state index in [1.165, 1.54) is 4.70 Å². The minimum Gasteiger partial charge on any atom is -0.256 e. The fourth-order valence-corrected chi connectivity index (χ4v) is 7.21. The van der Waals surface area contributed by atoms with Gasteiger partial charge in [0.15, 0.2) is 5.82 Å². The summed E-state index contributed by atoms with van der Waals surface area (Å²) in [5, 5.41) is 3.35. The second kappa shape index (κ2) is 10.4. The molecule has 0 fully saturated rings. The highest BCUT2D eigenvalue weighted by molar-refractivity contribution is 7.26. The lowest BCUT2D eigenvalue weighted by Gasteiger charge is -2.12. The lowest BCUT2D eigenvalue weighted by atomic mass is 9.96. The van der Waals surface area contributed by atoms with Crippen molar-refractivity contribution in [1.29, 1.82) is 0 Å². The van der Waals surface area contributed by atoms with Crippen LogP contribution in [-0.2, 0) is 0 Å². The van der Waals surface area contributed by atoms with Crippen LogP contribution >= 0.6 is 11.3 Å². The Hall–Kier alpha value is -5.78. The van der Waals surface area contributed by atoms with E-state index in [0.717, 1.165) is 76.5 Å². The van der Waals surface area contributed by atoms with E-state index in [1.54, 1.807) is 11.3 Å². The number of rotatable bonds is 4. The SMILES string of the molecule is c1ccc(-c2nc(-c3cc(-c4cnc5ccccc5c4)cc(-c4cnc5ccccc5c4)c3)nc3c2sc2ccccc23)cc1. The highest BCUT2D eigenvalue weighted by atomic mass is 32.1. The van der Waals surface area contributed by atoms with Gasteiger partial charge in [-0.15, -0.1) is 11.3 Å². The maximum Gasteiger partial charge on any atom is 0.160 e. The Balaban J connectivity index is 1.32. The van der Waals surface area contributed by atoms with Gasteiger partial charge in [-0.2, -0.15) is 0 Å². The molecule has 0 aliphatic carbocycles. The zero-order valence-electron chi connectivity index (χ0n) is 24.1. The van der Waals surface area contributed by atoms with Gasteiger partial charge in [-0.05, 0) is 59.7 Å². The molecule has 0 saturated heterocycles. The molecule has 0 atom stereocenters. The highest BCUT2D eigenvalue weighted by Gasteiger charge is 2.18. The van der Waals surface area contributed by atoms with Crippen LogP contribution in [0, 0.1) is 0 Å². The molecule has 0 unspecified atom stereocenters. The predicted octanol–water partition coefficient (Wildman–Crippen LogP) is 10.6. The van der Waals surface area contributed by atoms with Crippen LogP contribution in [-0.4, -0.2) is 19.9 Å². The fourth-order valence-electron chi connectivity index (χ4n) is 6.06. The normalized spacial score (nSPS) is 11.6. The predicted molar refractivity (Wildman–Crippen MR) is 187 cm³/mol. The third kappa shape index (κ3) is 4.53. The third-order valence-electron chi connectivity index (χ3n) is 8.31. The Bertz CT molecular complexity index is 2460. The van der Waals surface area contributed by atoms with Crippen LogP contribution in [0.2, 0.25) is 0 Å². The number of nitrogens with zero attached hydrogens (tertiary/aromatic N) is 4. The Morgan fingerprint density at radius 1 is 0.444 bits per heavy atom. The van der Waals surface area contributed by atoms with Gasteiger partial charge in [0.25, 0.3) is 0 Å². The molecule has 5 aromatic carbocycles. The quantitative estimate of drug-likeness (QED) is 0.204. The molecule has 0 amide bonds. The van der Waals surface area contributed by atoms with Crippen LogP contribution in [0.4, 0.5) is 0 Å². The van der Waals surface area contributed by atoms with E-state index < -0.39 is 0 Å². The first-order valence-electron chi connectivity index (χ1n) is 14.9. The van der Waals surface area contributed by atoms with Crippen LogP contribution in [0.1, 0.15) is 0 Å². The molecule has 0 radical (unpaired) electrons. The van der Waals surface area contributed by atoms with Crippen molar-refractivity contribution in [1.82, 2.24) is 19.9 Å². The molecule has 0 saturated carbocycles. The first-order chi connectivity index (χ1) is 22.3. The van der Waals surface area contributed by atoms with Crippen molar-refractivity contribution in [2.24, 2.45) is 0 Å². The number of benzene rings is 5. The van der Waals surface area contributed by atoms with Crippen LogP contribution in [0.25, 0.3) is 87.0 Å². The zero-order chi connectivity index (χ0) is 29.7. The summed E-state index contributed by atoms with van der Waals surface area (Å²) in [6.45, 7) is 0. The van der Waals surface area contributed by atoms with Crippen LogP contribution in [0.5, 0.6) is 0 Å². The standard InChI is InChI=1S/C40H24N4S/c1-2-10-25(11-3-1)37-39-38(33-14-6-9-17-36(33)45-39)44-40(43-37)30-21-28(31-18-26-12-4-7-15-34(26)41-23-31)20-29(22-30)32-19-27-13-5-8-16-35(27)42-24-32/h1-24H. The van der Waals surface area contributed by atoms with Crippen LogP contribution in [0.3, 0.4) is 0 Å². The molecule has 45 heavy (non-hydrogen) atoms. The van der Waals surface area contributed by atoms with Crippen molar-refractivity contribution in [3.63, 3.8) is 0 Å².